The Morgan fingerprint density at radius 2 is 0.882 bits per heavy atom. The predicted molar refractivity (Wildman–Crippen MR) is 58.3 cm³/mol. The maximum Gasteiger partial charge on any atom is 0.466 e. The van der Waals surface area contributed by atoms with Gasteiger partial charge in [0.05, 0.1) is 37.8 Å². The Morgan fingerprint density at radius 3 is 0.882 bits per heavy atom. The maximum atomic E-state index is 8.88. The van der Waals surface area contributed by atoms with Crippen LogP contribution < -0.4 is 17.2 Å². The number of nitriles is 3. The van der Waals surface area contributed by atoms with Crippen LogP contribution in [-0.2, 0) is 4.57 Å². The van der Waals surface area contributed by atoms with E-state index in [1.54, 1.807) is 18.2 Å². The zero-order valence-electron chi connectivity index (χ0n) is 8.89. The third-order valence-electron chi connectivity index (χ3n) is 0.274. The highest BCUT2D eigenvalue weighted by Crippen LogP contribution is 2.25. The minimum Gasteiger partial charge on any atom is -0.318 e. The Labute approximate surface area is 98.7 Å². The molecule has 0 rings (SSSR count). The first-order chi connectivity index (χ1) is 7.74. The molecule has 0 unspecified atom stereocenters. The van der Waals surface area contributed by atoms with Crippen LogP contribution in [0.3, 0.4) is 0 Å². The second-order valence-electron chi connectivity index (χ2n) is 1.60. The predicted octanol–water partition coefficient (Wildman–Crippen LogP) is -2.52. The average molecular weight is 266 g/mol. The first kappa shape index (κ1) is 24.6. The van der Waals surface area contributed by atoms with Crippen molar-refractivity contribution < 1.29 is 19.2 Å². The summed E-state index contributed by atoms with van der Waals surface area (Å²) in [4.78, 5) is 21.6. The zero-order valence-corrected chi connectivity index (χ0v) is 9.79. The van der Waals surface area contributed by atoms with E-state index >= 15 is 0 Å². The van der Waals surface area contributed by atoms with E-state index in [4.69, 9.17) is 35.0 Å². The molecule has 0 saturated carbocycles. The van der Waals surface area contributed by atoms with E-state index in [2.05, 4.69) is 17.2 Å². The Balaban J connectivity index is -0.0000000667. The van der Waals surface area contributed by atoms with Crippen molar-refractivity contribution in [1.29, 1.82) is 15.8 Å². The molecule has 0 fully saturated rings. The quantitative estimate of drug-likeness (QED) is 0.199. The molecular formula is C6H15N6O4P. The van der Waals surface area contributed by atoms with Crippen molar-refractivity contribution in [3.63, 3.8) is 0 Å². The van der Waals surface area contributed by atoms with E-state index < -0.39 is 7.82 Å². The highest BCUT2D eigenvalue weighted by molar-refractivity contribution is 7.45. The van der Waals surface area contributed by atoms with E-state index in [1.807, 2.05) is 0 Å². The summed E-state index contributed by atoms with van der Waals surface area (Å²) in [6.45, 7) is 0.375. The van der Waals surface area contributed by atoms with Crippen molar-refractivity contribution in [3.05, 3.63) is 0 Å². The standard InChI is InChI=1S/3C2H4N2.H3O4P/c3*3-1-2-4;1-5(2,3)4/h3*1,3H2;(H3,1,2,3,4). The second-order valence-corrected chi connectivity index (χ2v) is 2.63. The third-order valence-corrected chi connectivity index (χ3v) is 0.274. The van der Waals surface area contributed by atoms with E-state index in [0.29, 0.717) is 0 Å². The number of nitrogens with zero attached hydrogens (tertiary/aromatic N) is 3. The van der Waals surface area contributed by atoms with E-state index in [-0.39, 0.29) is 19.6 Å². The van der Waals surface area contributed by atoms with E-state index in [9.17, 15) is 0 Å². The van der Waals surface area contributed by atoms with Crippen LogP contribution in [-0.4, -0.2) is 34.3 Å². The van der Waals surface area contributed by atoms with E-state index in [0.717, 1.165) is 0 Å². The summed E-state index contributed by atoms with van der Waals surface area (Å²) in [5, 5.41) is 22.5. The number of hydrogen-bond acceptors (Lipinski definition) is 7. The number of hydrogen-bond donors (Lipinski definition) is 6. The molecule has 0 aromatic rings. The summed E-state index contributed by atoms with van der Waals surface area (Å²) >= 11 is 0. The largest absolute Gasteiger partial charge is 0.466 e. The molecular weight excluding hydrogens is 251 g/mol. The lowest BCUT2D eigenvalue weighted by atomic mass is 10.8. The molecule has 0 radical (unpaired) electrons. The summed E-state index contributed by atoms with van der Waals surface area (Å²) in [5.41, 5.74) is 14.0. The lowest BCUT2D eigenvalue weighted by Gasteiger charge is -1.82. The van der Waals surface area contributed by atoms with Crippen LogP contribution in [0.4, 0.5) is 0 Å². The minimum absolute atomic E-state index is 0.125. The molecule has 0 aromatic carbocycles. The van der Waals surface area contributed by atoms with Crippen LogP contribution in [0.25, 0.3) is 0 Å². The molecule has 0 aliphatic carbocycles. The Kier molecular flexibility index (Phi) is 34.7. The Morgan fingerprint density at radius 1 is 0.824 bits per heavy atom. The van der Waals surface area contributed by atoms with Crippen LogP contribution in [0.1, 0.15) is 0 Å². The van der Waals surface area contributed by atoms with Gasteiger partial charge in [0.2, 0.25) is 0 Å². The zero-order chi connectivity index (χ0) is 14.7. The normalized spacial score (nSPS) is 7.00. The van der Waals surface area contributed by atoms with Gasteiger partial charge in [-0.05, 0) is 0 Å². The van der Waals surface area contributed by atoms with Crippen LogP contribution in [0.5, 0.6) is 0 Å². The van der Waals surface area contributed by atoms with Crippen LogP contribution >= 0.6 is 7.82 Å². The van der Waals surface area contributed by atoms with Crippen molar-refractivity contribution in [1.82, 2.24) is 0 Å². The van der Waals surface area contributed by atoms with Crippen molar-refractivity contribution in [3.8, 4) is 18.2 Å². The molecule has 0 atom stereocenters. The summed E-state index contributed by atoms with van der Waals surface area (Å²) in [5.74, 6) is 0. The number of rotatable bonds is 0. The van der Waals surface area contributed by atoms with Crippen LogP contribution in [0, 0.1) is 34.0 Å². The van der Waals surface area contributed by atoms with Crippen LogP contribution in [0.2, 0.25) is 0 Å². The fraction of sp³-hybridized carbons (Fsp3) is 0.500. The molecule has 9 N–H and O–H groups in total. The number of nitrogens with two attached hydrogens (primary N) is 3. The molecule has 0 bridgehead atoms. The van der Waals surface area contributed by atoms with Gasteiger partial charge in [0.15, 0.2) is 0 Å². The molecule has 0 spiro atoms. The summed E-state index contributed by atoms with van der Waals surface area (Å²) in [6.07, 6.45) is 0. The van der Waals surface area contributed by atoms with Crippen molar-refractivity contribution in [2.45, 2.75) is 0 Å². The Hall–Kier alpha value is -1.54. The maximum absolute atomic E-state index is 8.88. The SMILES string of the molecule is N#CCN.N#CCN.N#CCN.O=P(O)(O)O. The first-order valence-electron chi connectivity index (χ1n) is 3.74. The summed E-state index contributed by atoms with van der Waals surface area (Å²) < 4.78 is 8.88. The van der Waals surface area contributed by atoms with Gasteiger partial charge in [-0.25, -0.2) is 4.57 Å². The van der Waals surface area contributed by atoms with Crippen LogP contribution in [0.15, 0.2) is 0 Å². The Bertz CT molecular complexity index is 256. The fourth-order valence-corrected chi connectivity index (χ4v) is 0. The molecule has 98 valence electrons. The van der Waals surface area contributed by atoms with Gasteiger partial charge in [-0.3, -0.25) is 0 Å². The molecule has 0 heterocycles. The fourth-order valence-electron chi connectivity index (χ4n) is 0. The topological polar surface area (TPSA) is 227 Å². The van der Waals surface area contributed by atoms with E-state index in [1.165, 1.54) is 0 Å². The van der Waals surface area contributed by atoms with Gasteiger partial charge >= 0.3 is 7.82 Å². The highest BCUT2D eigenvalue weighted by atomic mass is 31.2. The molecule has 0 aromatic heterocycles. The molecule has 10 nitrogen and oxygen atoms in total. The smallest absolute Gasteiger partial charge is 0.318 e. The van der Waals surface area contributed by atoms with Crippen molar-refractivity contribution in [2.24, 2.45) is 17.2 Å². The monoisotopic (exact) mass is 266 g/mol. The van der Waals surface area contributed by atoms with Gasteiger partial charge < -0.3 is 31.9 Å². The molecule has 0 aliphatic rings. The second kappa shape index (κ2) is 23.9. The molecule has 0 amide bonds. The molecule has 0 saturated heterocycles. The van der Waals surface area contributed by atoms with Gasteiger partial charge in [-0.1, -0.05) is 0 Å². The van der Waals surface area contributed by atoms with Gasteiger partial charge in [0, 0.05) is 0 Å². The average Bonchev–Trinajstić information content (AvgIpc) is 2.27. The molecule has 17 heavy (non-hydrogen) atoms. The van der Waals surface area contributed by atoms with Crippen molar-refractivity contribution in [2.75, 3.05) is 19.6 Å². The van der Waals surface area contributed by atoms with Gasteiger partial charge in [0.25, 0.3) is 0 Å². The van der Waals surface area contributed by atoms with Gasteiger partial charge in [-0.15, -0.1) is 0 Å². The first-order valence-corrected chi connectivity index (χ1v) is 5.30. The molecule has 11 heteroatoms. The highest BCUT2D eigenvalue weighted by Gasteiger charge is 2.00. The van der Waals surface area contributed by atoms with Gasteiger partial charge in [0.1, 0.15) is 0 Å². The summed E-state index contributed by atoms with van der Waals surface area (Å²) in [6, 6.07) is 5.12. The number of phosphoric acid groups is 1. The van der Waals surface area contributed by atoms with Gasteiger partial charge in [-0.2, -0.15) is 15.8 Å². The third kappa shape index (κ3) is 1050. The lowest BCUT2D eigenvalue weighted by molar-refractivity contribution is 0.275. The minimum atomic E-state index is -4.64. The summed E-state index contributed by atoms with van der Waals surface area (Å²) in [7, 11) is -4.64. The molecule has 0 aliphatic heterocycles. The lowest BCUT2D eigenvalue weighted by Crippen LogP contribution is -1.91. The van der Waals surface area contributed by atoms with Crippen molar-refractivity contribution >= 4 is 7.82 Å².